The molecule has 0 aromatic heterocycles. The van der Waals surface area contributed by atoms with Crippen molar-refractivity contribution in [1.29, 1.82) is 0 Å². The molecule has 2 saturated carbocycles. The number of para-hydroxylation sites is 1. The first kappa shape index (κ1) is 17.3. The minimum absolute atomic E-state index is 0.158. The van der Waals surface area contributed by atoms with Crippen molar-refractivity contribution >= 4 is 11.6 Å². The molecule has 3 N–H and O–H groups in total. The SMILES string of the molecule is CN(C(=O)[C@@H](N)C1CCC(CNc2ccccc2)CC1)C1CCC1. The average Bonchev–Trinajstić information content (AvgIpc) is 2.58. The molecule has 1 aromatic rings. The monoisotopic (exact) mass is 329 g/mol. The number of nitrogens with zero attached hydrogens (tertiary/aromatic N) is 1. The molecule has 24 heavy (non-hydrogen) atoms. The minimum Gasteiger partial charge on any atom is -0.385 e. The fourth-order valence-corrected chi connectivity index (χ4v) is 3.96. The minimum atomic E-state index is -0.307. The van der Waals surface area contributed by atoms with Gasteiger partial charge in [-0.15, -0.1) is 0 Å². The Morgan fingerprint density at radius 1 is 1.17 bits per heavy atom. The van der Waals surface area contributed by atoms with Crippen LogP contribution in [0.1, 0.15) is 44.9 Å². The van der Waals surface area contributed by atoms with E-state index in [1.54, 1.807) is 0 Å². The number of hydrogen-bond acceptors (Lipinski definition) is 3. The number of likely N-dealkylation sites (N-methyl/N-ethyl adjacent to an activating group) is 1. The Bertz CT molecular complexity index is 521. The number of hydrogen-bond donors (Lipinski definition) is 2. The maximum Gasteiger partial charge on any atom is 0.239 e. The molecule has 0 aliphatic heterocycles. The van der Waals surface area contributed by atoms with Gasteiger partial charge in [-0.1, -0.05) is 18.2 Å². The number of rotatable bonds is 6. The van der Waals surface area contributed by atoms with Crippen LogP contribution in [0, 0.1) is 11.8 Å². The molecule has 0 unspecified atom stereocenters. The standard InChI is InChI=1S/C20H31N3O/c1-23(18-8-5-9-18)20(24)19(21)16-12-10-15(11-13-16)14-22-17-6-3-2-4-7-17/h2-4,6-7,15-16,18-19,22H,5,8-14,21H2,1H3/t15?,16?,19-/m0/s1. The van der Waals surface area contributed by atoms with Crippen LogP contribution in [0.3, 0.4) is 0 Å². The summed E-state index contributed by atoms with van der Waals surface area (Å²) >= 11 is 0. The maximum absolute atomic E-state index is 12.6. The van der Waals surface area contributed by atoms with Crippen LogP contribution in [0.25, 0.3) is 0 Å². The number of benzene rings is 1. The van der Waals surface area contributed by atoms with Crippen LogP contribution in [0.2, 0.25) is 0 Å². The van der Waals surface area contributed by atoms with E-state index in [1.165, 1.54) is 24.9 Å². The molecule has 1 atom stereocenters. The lowest BCUT2D eigenvalue weighted by atomic mass is 9.78. The van der Waals surface area contributed by atoms with Gasteiger partial charge >= 0.3 is 0 Å². The average molecular weight is 329 g/mol. The van der Waals surface area contributed by atoms with E-state index in [1.807, 2.05) is 18.0 Å². The van der Waals surface area contributed by atoms with Crippen molar-refractivity contribution in [3.05, 3.63) is 30.3 Å². The summed E-state index contributed by atoms with van der Waals surface area (Å²) in [6.45, 7) is 1.02. The number of amides is 1. The third-order valence-corrected chi connectivity index (χ3v) is 6.02. The van der Waals surface area contributed by atoms with Crippen LogP contribution < -0.4 is 11.1 Å². The van der Waals surface area contributed by atoms with E-state index in [-0.39, 0.29) is 11.9 Å². The van der Waals surface area contributed by atoms with E-state index in [0.717, 1.165) is 32.2 Å². The predicted octanol–water partition coefficient (Wildman–Crippen LogP) is 3.24. The van der Waals surface area contributed by atoms with Gasteiger partial charge in [0.05, 0.1) is 6.04 Å². The van der Waals surface area contributed by atoms with Gasteiger partial charge in [-0.2, -0.15) is 0 Å². The largest absolute Gasteiger partial charge is 0.385 e. The van der Waals surface area contributed by atoms with E-state index in [9.17, 15) is 4.79 Å². The molecule has 2 fully saturated rings. The van der Waals surface area contributed by atoms with Crippen molar-refractivity contribution in [2.24, 2.45) is 17.6 Å². The Kier molecular flexibility index (Phi) is 5.77. The Labute approximate surface area is 145 Å². The smallest absolute Gasteiger partial charge is 0.239 e. The van der Waals surface area contributed by atoms with Crippen molar-refractivity contribution in [3.8, 4) is 0 Å². The lowest BCUT2D eigenvalue weighted by Crippen LogP contribution is -2.52. The molecule has 1 amide bonds. The lowest BCUT2D eigenvalue weighted by molar-refractivity contribution is -0.136. The zero-order valence-corrected chi connectivity index (χ0v) is 14.8. The normalized spacial score (nSPS) is 25.6. The van der Waals surface area contributed by atoms with Crippen LogP contribution in [0.4, 0.5) is 5.69 Å². The van der Waals surface area contributed by atoms with Gasteiger partial charge in [0.15, 0.2) is 0 Å². The second-order valence-electron chi connectivity index (χ2n) is 7.59. The summed E-state index contributed by atoms with van der Waals surface area (Å²) in [5.74, 6) is 1.20. The Morgan fingerprint density at radius 2 is 1.83 bits per heavy atom. The van der Waals surface area contributed by atoms with Gasteiger partial charge in [-0.25, -0.2) is 0 Å². The van der Waals surface area contributed by atoms with E-state index < -0.39 is 0 Å². The highest BCUT2D eigenvalue weighted by atomic mass is 16.2. The van der Waals surface area contributed by atoms with Crippen LogP contribution in [0.5, 0.6) is 0 Å². The Balaban J connectivity index is 1.41. The van der Waals surface area contributed by atoms with Gasteiger partial charge in [-0.3, -0.25) is 4.79 Å². The molecule has 2 aliphatic rings. The number of carbonyl (C=O) groups excluding carboxylic acids is 1. The summed E-state index contributed by atoms with van der Waals surface area (Å²) in [5.41, 5.74) is 7.50. The Morgan fingerprint density at radius 3 is 2.42 bits per heavy atom. The highest BCUT2D eigenvalue weighted by Gasteiger charge is 2.34. The third-order valence-electron chi connectivity index (χ3n) is 6.02. The topological polar surface area (TPSA) is 58.4 Å². The zero-order valence-electron chi connectivity index (χ0n) is 14.8. The van der Waals surface area contributed by atoms with Gasteiger partial charge < -0.3 is 16.0 Å². The van der Waals surface area contributed by atoms with Crippen molar-refractivity contribution in [1.82, 2.24) is 4.90 Å². The first-order valence-electron chi connectivity index (χ1n) is 9.46. The number of carbonyl (C=O) groups is 1. The molecular weight excluding hydrogens is 298 g/mol. The molecular formula is C20H31N3O. The van der Waals surface area contributed by atoms with Gasteiger partial charge in [0.2, 0.25) is 5.91 Å². The van der Waals surface area contributed by atoms with Gasteiger partial charge in [0.1, 0.15) is 0 Å². The summed E-state index contributed by atoms with van der Waals surface area (Å²) in [7, 11) is 1.93. The second-order valence-corrected chi connectivity index (χ2v) is 7.59. The summed E-state index contributed by atoms with van der Waals surface area (Å²) < 4.78 is 0. The Hall–Kier alpha value is -1.55. The van der Waals surface area contributed by atoms with Crippen molar-refractivity contribution < 1.29 is 4.79 Å². The molecule has 2 aliphatic carbocycles. The van der Waals surface area contributed by atoms with Crippen LogP contribution in [0.15, 0.2) is 30.3 Å². The van der Waals surface area contributed by atoms with Crippen LogP contribution in [-0.4, -0.2) is 36.5 Å². The highest BCUT2D eigenvalue weighted by Crippen LogP contribution is 2.32. The van der Waals surface area contributed by atoms with Crippen LogP contribution in [-0.2, 0) is 4.79 Å². The third kappa shape index (κ3) is 4.10. The fraction of sp³-hybridized carbons (Fsp3) is 0.650. The molecule has 0 radical (unpaired) electrons. The van der Waals surface area contributed by atoms with Crippen molar-refractivity contribution in [2.45, 2.75) is 57.0 Å². The molecule has 0 heterocycles. The lowest BCUT2D eigenvalue weighted by Gasteiger charge is -2.38. The number of nitrogens with two attached hydrogens (primary N) is 1. The number of nitrogens with one attached hydrogen (secondary N) is 1. The van der Waals surface area contributed by atoms with E-state index in [4.69, 9.17) is 5.73 Å². The summed E-state index contributed by atoms with van der Waals surface area (Å²) in [6, 6.07) is 10.5. The van der Waals surface area contributed by atoms with Gasteiger partial charge in [0.25, 0.3) is 0 Å². The van der Waals surface area contributed by atoms with Gasteiger partial charge in [0, 0.05) is 25.3 Å². The summed E-state index contributed by atoms with van der Waals surface area (Å²) in [4.78, 5) is 14.5. The molecule has 0 bridgehead atoms. The van der Waals surface area contributed by atoms with Gasteiger partial charge in [-0.05, 0) is 68.9 Å². The van der Waals surface area contributed by atoms with Crippen LogP contribution >= 0.6 is 0 Å². The molecule has 4 nitrogen and oxygen atoms in total. The van der Waals surface area contributed by atoms with Crippen molar-refractivity contribution in [2.75, 3.05) is 18.9 Å². The first-order valence-corrected chi connectivity index (χ1v) is 9.46. The zero-order chi connectivity index (χ0) is 16.9. The quantitative estimate of drug-likeness (QED) is 0.842. The molecule has 0 spiro atoms. The highest BCUT2D eigenvalue weighted by molar-refractivity contribution is 5.82. The molecule has 1 aromatic carbocycles. The van der Waals surface area contributed by atoms with E-state index >= 15 is 0 Å². The summed E-state index contributed by atoms with van der Waals surface area (Å²) in [5, 5.41) is 3.52. The molecule has 0 saturated heterocycles. The summed E-state index contributed by atoms with van der Waals surface area (Å²) in [6.07, 6.45) is 8.02. The maximum atomic E-state index is 12.6. The van der Waals surface area contributed by atoms with E-state index in [2.05, 4.69) is 29.6 Å². The molecule has 3 rings (SSSR count). The fourth-order valence-electron chi connectivity index (χ4n) is 3.96. The molecule has 132 valence electrons. The second kappa shape index (κ2) is 8.02. The van der Waals surface area contributed by atoms with E-state index in [0.29, 0.717) is 17.9 Å². The molecule has 4 heteroatoms. The van der Waals surface area contributed by atoms with Crippen molar-refractivity contribution in [3.63, 3.8) is 0 Å². The number of anilines is 1. The first-order chi connectivity index (χ1) is 11.6. The predicted molar refractivity (Wildman–Crippen MR) is 98.8 cm³/mol.